The largest absolute Gasteiger partial charge is 0.326 e. The van der Waals surface area contributed by atoms with Gasteiger partial charge in [-0.15, -0.1) is 0 Å². The van der Waals surface area contributed by atoms with Crippen LogP contribution >= 0.6 is 23.3 Å². The fourth-order valence-corrected chi connectivity index (χ4v) is 2.12. The molecule has 0 spiro atoms. The van der Waals surface area contributed by atoms with Gasteiger partial charge in [-0.05, 0) is 24.6 Å². The lowest BCUT2D eigenvalue weighted by atomic mass is 10.2. The van der Waals surface area contributed by atoms with Crippen molar-refractivity contribution in [3.63, 3.8) is 0 Å². The minimum absolute atomic E-state index is 0.448. The highest BCUT2D eigenvalue weighted by Gasteiger charge is 2.11. The monoisotopic (exact) mass is 239 g/mol. The maximum absolute atomic E-state index is 5.92. The van der Waals surface area contributed by atoms with Gasteiger partial charge in [0.05, 0.1) is 11.7 Å². The van der Waals surface area contributed by atoms with E-state index in [0.29, 0.717) is 11.0 Å². The van der Waals surface area contributed by atoms with Gasteiger partial charge in [-0.1, -0.05) is 23.7 Å². The molecule has 0 aliphatic heterocycles. The molecule has 1 heterocycles. The highest BCUT2D eigenvalue weighted by molar-refractivity contribution is 6.99. The molecule has 0 radical (unpaired) electrons. The Morgan fingerprint density at radius 3 is 2.73 bits per heavy atom. The van der Waals surface area contributed by atoms with Crippen molar-refractivity contribution < 1.29 is 0 Å². The second kappa shape index (κ2) is 4.16. The highest BCUT2D eigenvalue weighted by atomic mass is 35.5. The maximum Gasteiger partial charge on any atom is 0.187 e. The topological polar surface area (TPSA) is 29.0 Å². The molecule has 1 aromatic carbocycles. The van der Waals surface area contributed by atoms with Crippen molar-refractivity contribution in [1.82, 2.24) is 8.75 Å². The number of aromatic nitrogens is 2. The number of rotatable bonds is 2. The summed E-state index contributed by atoms with van der Waals surface area (Å²) in [6.07, 6.45) is 0. The van der Waals surface area contributed by atoms with Crippen molar-refractivity contribution >= 4 is 34.8 Å². The smallest absolute Gasteiger partial charge is 0.187 e. The summed E-state index contributed by atoms with van der Waals surface area (Å²) in [7, 11) is 1.93. The Bertz CT molecular complexity index is 469. The maximum atomic E-state index is 5.92. The Balaban J connectivity index is 2.36. The van der Waals surface area contributed by atoms with Crippen molar-refractivity contribution in [3.8, 4) is 0 Å². The standard InChI is InChI=1S/C10H10ClN3S/c1-7-4-3-5-8(6-7)14(2)10-9(11)12-15-13-10/h3-6H,1-2H3. The lowest BCUT2D eigenvalue weighted by Crippen LogP contribution is -2.10. The molecular weight excluding hydrogens is 230 g/mol. The van der Waals surface area contributed by atoms with Gasteiger partial charge in [0.1, 0.15) is 0 Å². The number of aryl methyl sites for hydroxylation is 1. The fourth-order valence-electron chi connectivity index (χ4n) is 1.33. The van der Waals surface area contributed by atoms with Gasteiger partial charge < -0.3 is 4.90 Å². The molecule has 1 aromatic heterocycles. The Kier molecular flexibility index (Phi) is 2.88. The van der Waals surface area contributed by atoms with Crippen LogP contribution in [0.15, 0.2) is 24.3 Å². The van der Waals surface area contributed by atoms with E-state index in [4.69, 9.17) is 11.6 Å². The number of hydrogen-bond donors (Lipinski definition) is 0. The average Bonchev–Trinajstić information content (AvgIpc) is 2.63. The predicted octanol–water partition coefficient (Wildman–Crippen LogP) is 3.27. The van der Waals surface area contributed by atoms with Gasteiger partial charge in [-0.25, -0.2) is 0 Å². The van der Waals surface area contributed by atoms with Crippen molar-refractivity contribution in [2.75, 3.05) is 11.9 Å². The van der Waals surface area contributed by atoms with Crippen LogP contribution in [0.4, 0.5) is 11.5 Å². The Morgan fingerprint density at radius 2 is 2.13 bits per heavy atom. The molecule has 78 valence electrons. The number of halogens is 1. The molecule has 0 N–H and O–H groups in total. The molecule has 0 saturated heterocycles. The highest BCUT2D eigenvalue weighted by Crippen LogP contribution is 2.28. The number of anilines is 2. The molecule has 2 aromatic rings. The first-order valence-electron chi connectivity index (χ1n) is 4.47. The van der Waals surface area contributed by atoms with Gasteiger partial charge in [-0.2, -0.15) is 8.75 Å². The van der Waals surface area contributed by atoms with Crippen LogP contribution < -0.4 is 4.90 Å². The van der Waals surface area contributed by atoms with Gasteiger partial charge in [0.25, 0.3) is 0 Å². The molecule has 15 heavy (non-hydrogen) atoms. The quantitative estimate of drug-likeness (QED) is 0.806. The Hall–Kier alpha value is -1.13. The first-order chi connectivity index (χ1) is 7.18. The summed E-state index contributed by atoms with van der Waals surface area (Å²) < 4.78 is 8.09. The van der Waals surface area contributed by atoms with Crippen LogP contribution in [0.1, 0.15) is 5.56 Å². The van der Waals surface area contributed by atoms with Crippen molar-refractivity contribution in [2.45, 2.75) is 6.92 Å². The molecule has 0 aliphatic carbocycles. The van der Waals surface area contributed by atoms with E-state index in [2.05, 4.69) is 27.8 Å². The molecule has 0 fully saturated rings. The normalized spacial score (nSPS) is 10.3. The molecule has 0 aliphatic rings. The van der Waals surface area contributed by atoms with Crippen LogP contribution in [0.25, 0.3) is 0 Å². The zero-order valence-electron chi connectivity index (χ0n) is 8.44. The third-order valence-electron chi connectivity index (χ3n) is 2.14. The van der Waals surface area contributed by atoms with Crippen LogP contribution in [0.5, 0.6) is 0 Å². The zero-order chi connectivity index (χ0) is 10.8. The number of hydrogen-bond acceptors (Lipinski definition) is 4. The van der Waals surface area contributed by atoms with Crippen LogP contribution in [0, 0.1) is 6.92 Å². The van der Waals surface area contributed by atoms with Gasteiger partial charge in [0.2, 0.25) is 0 Å². The summed E-state index contributed by atoms with van der Waals surface area (Å²) >= 11 is 7.04. The van der Waals surface area contributed by atoms with Gasteiger partial charge in [0, 0.05) is 12.7 Å². The molecule has 2 rings (SSSR count). The van der Waals surface area contributed by atoms with Crippen molar-refractivity contribution in [2.24, 2.45) is 0 Å². The summed E-state index contributed by atoms with van der Waals surface area (Å²) in [4.78, 5) is 1.93. The molecule has 0 atom stereocenters. The fraction of sp³-hybridized carbons (Fsp3) is 0.200. The second-order valence-electron chi connectivity index (χ2n) is 3.28. The van der Waals surface area contributed by atoms with Crippen molar-refractivity contribution in [1.29, 1.82) is 0 Å². The van der Waals surface area contributed by atoms with Crippen LogP contribution in [0.3, 0.4) is 0 Å². The SMILES string of the molecule is Cc1cccc(N(C)c2nsnc2Cl)c1. The first-order valence-corrected chi connectivity index (χ1v) is 5.58. The molecule has 3 nitrogen and oxygen atoms in total. The predicted molar refractivity (Wildman–Crippen MR) is 64.2 cm³/mol. The summed E-state index contributed by atoms with van der Waals surface area (Å²) in [5, 5.41) is 0.448. The van der Waals surface area contributed by atoms with Crippen molar-refractivity contribution in [3.05, 3.63) is 35.0 Å². The van der Waals surface area contributed by atoms with E-state index < -0.39 is 0 Å². The van der Waals surface area contributed by atoms with Crippen LogP contribution in [0.2, 0.25) is 5.15 Å². The van der Waals surface area contributed by atoms with E-state index in [-0.39, 0.29) is 0 Å². The molecular formula is C10H10ClN3S. The number of nitrogens with zero attached hydrogens (tertiary/aromatic N) is 3. The third-order valence-corrected chi connectivity index (χ3v) is 3.01. The molecule has 0 saturated carbocycles. The molecule has 5 heteroatoms. The average molecular weight is 240 g/mol. The minimum atomic E-state index is 0.448. The van der Waals surface area contributed by atoms with Crippen LogP contribution in [-0.4, -0.2) is 15.8 Å². The summed E-state index contributed by atoms with van der Waals surface area (Å²) in [6.45, 7) is 2.05. The molecule has 0 bridgehead atoms. The lowest BCUT2D eigenvalue weighted by molar-refractivity contribution is 1.16. The first kappa shape index (κ1) is 10.4. The van der Waals surface area contributed by atoms with Gasteiger partial charge in [-0.3, -0.25) is 0 Å². The zero-order valence-corrected chi connectivity index (χ0v) is 10.0. The van der Waals surface area contributed by atoms with E-state index in [9.17, 15) is 0 Å². The Morgan fingerprint density at radius 1 is 1.33 bits per heavy atom. The second-order valence-corrected chi connectivity index (χ2v) is 4.16. The van der Waals surface area contributed by atoms with E-state index in [1.807, 2.05) is 24.1 Å². The summed E-state index contributed by atoms with van der Waals surface area (Å²) in [5.74, 6) is 0.701. The van der Waals surface area contributed by atoms with E-state index >= 15 is 0 Å². The molecule has 0 amide bonds. The van der Waals surface area contributed by atoms with Crippen LogP contribution in [-0.2, 0) is 0 Å². The summed E-state index contributed by atoms with van der Waals surface area (Å²) in [5.41, 5.74) is 2.27. The number of benzene rings is 1. The van der Waals surface area contributed by atoms with E-state index in [1.165, 1.54) is 5.56 Å². The summed E-state index contributed by atoms with van der Waals surface area (Å²) in [6, 6.07) is 8.16. The third kappa shape index (κ3) is 2.11. The van der Waals surface area contributed by atoms with Gasteiger partial charge >= 0.3 is 0 Å². The van der Waals surface area contributed by atoms with E-state index in [1.54, 1.807) is 0 Å². The van der Waals surface area contributed by atoms with Gasteiger partial charge in [0.15, 0.2) is 11.0 Å². The lowest BCUT2D eigenvalue weighted by Gasteiger charge is -2.16. The minimum Gasteiger partial charge on any atom is -0.326 e. The van der Waals surface area contributed by atoms with E-state index in [0.717, 1.165) is 17.4 Å². The Labute approximate surface area is 97.6 Å². The molecule has 0 unspecified atom stereocenters.